The summed E-state index contributed by atoms with van der Waals surface area (Å²) in [6.07, 6.45) is 1.18. The molecule has 3 heterocycles. The van der Waals surface area contributed by atoms with Gasteiger partial charge in [0.15, 0.2) is 5.82 Å². The van der Waals surface area contributed by atoms with Crippen molar-refractivity contribution >= 4 is 29.1 Å². The molecule has 0 fully saturated rings. The van der Waals surface area contributed by atoms with E-state index in [0.717, 1.165) is 4.88 Å². The van der Waals surface area contributed by atoms with Gasteiger partial charge in [-0.25, -0.2) is 9.78 Å². The first-order valence-corrected chi connectivity index (χ1v) is 7.45. The molecule has 0 bridgehead atoms. The summed E-state index contributed by atoms with van der Waals surface area (Å²) in [5, 5.41) is 6.26. The molecule has 9 heteroatoms. The minimum atomic E-state index is -0.605. The standard InChI is InChI=1S/C14H12N4O4S/c1-21-11(19)6-9-8(13(20)22-2)7-15-14-16-12(17-18(9)14)10-4-3-5-23-10/h3-5,7H,6H2,1-2H3. The molecule has 0 aliphatic carbocycles. The van der Waals surface area contributed by atoms with Crippen molar-refractivity contribution in [3.05, 3.63) is 35.0 Å². The van der Waals surface area contributed by atoms with Gasteiger partial charge in [-0.3, -0.25) is 4.79 Å². The van der Waals surface area contributed by atoms with E-state index in [1.807, 2.05) is 17.5 Å². The molecule has 0 aliphatic heterocycles. The van der Waals surface area contributed by atoms with Crippen molar-refractivity contribution in [2.45, 2.75) is 6.42 Å². The molecule has 0 spiro atoms. The summed E-state index contributed by atoms with van der Waals surface area (Å²) < 4.78 is 10.8. The third-order valence-corrected chi connectivity index (χ3v) is 4.02. The van der Waals surface area contributed by atoms with Crippen molar-refractivity contribution in [1.82, 2.24) is 19.6 Å². The van der Waals surface area contributed by atoms with Gasteiger partial charge in [0.1, 0.15) is 5.56 Å². The Bertz CT molecular complexity index is 872. The maximum absolute atomic E-state index is 11.9. The molecule has 0 saturated heterocycles. The predicted molar refractivity (Wildman–Crippen MR) is 81.2 cm³/mol. The van der Waals surface area contributed by atoms with Gasteiger partial charge < -0.3 is 9.47 Å². The molecule has 0 N–H and O–H groups in total. The lowest BCUT2D eigenvalue weighted by molar-refractivity contribution is -0.139. The second-order valence-corrected chi connectivity index (χ2v) is 5.44. The van der Waals surface area contributed by atoms with Crippen LogP contribution in [0.25, 0.3) is 16.5 Å². The summed E-state index contributed by atoms with van der Waals surface area (Å²) in [7, 11) is 2.53. The maximum atomic E-state index is 11.9. The highest BCUT2D eigenvalue weighted by molar-refractivity contribution is 7.13. The quantitative estimate of drug-likeness (QED) is 0.665. The van der Waals surface area contributed by atoms with Gasteiger partial charge in [0.2, 0.25) is 0 Å². The minimum absolute atomic E-state index is 0.146. The van der Waals surface area contributed by atoms with Crippen molar-refractivity contribution in [1.29, 1.82) is 0 Å². The highest BCUT2D eigenvalue weighted by atomic mass is 32.1. The zero-order valence-corrected chi connectivity index (χ0v) is 13.2. The Morgan fingerprint density at radius 1 is 1.30 bits per heavy atom. The van der Waals surface area contributed by atoms with Crippen LogP contribution in [0.15, 0.2) is 23.7 Å². The van der Waals surface area contributed by atoms with Crippen molar-refractivity contribution in [3.8, 4) is 10.7 Å². The van der Waals surface area contributed by atoms with E-state index in [4.69, 9.17) is 4.74 Å². The van der Waals surface area contributed by atoms with Gasteiger partial charge in [-0.15, -0.1) is 16.4 Å². The summed E-state index contributed by atoms with van der Waals surface area (Å²) in [5.74, 6) is -0.345. The second kappa shape index (κ2) is 6.13. The number of aromatic nitrogens is 4. The smallest absolute Gasteiger partial charge is 0.341 e. The van der Waals surface area contributed by atoms with Crippen molar-refractivity contribution in [2.75, 3.05) is 14.2 Å². The third-order valence-electron chi connectivity index (χ3n) is 3.15. The van der Waals surface area contributed by atoms with Crippen LogP contribution in [-0.4, -0.2) is 45.7 Å². The number of thiophene rings is 1. The molecule has 8 nitrogen and oxygen atoms in total. The van der Waals surface area contributed by atoms with Crippen LogP contribution in [0.5, 0.6) is 0 Å². The summed E-state index contributed by atoms with van der Waals surface area (Å²) in [5.41, 5.74) is 0.469. The summed E-state index contributed by atoms with van der Waals surface area (Å²) in [6, 6.07) is 3.76. The van der Waals surface area contributed by atoms with Crippen LogP contribution in [-0.2, 0) is 20.7 Å². The second-order valence-electron chi connectivity index (χ2n) is 4.49. The largest absolute Gasteiger partial charge is 0.469 e. The Labute approximate surface area is 134 Å². The summed E-state index contributed by atoms with van der Waals surface area (Å²) in [4.78, 5) is 32.9. The zero-order valence-electron chi connectivity index (χ0n) is 12.3. The van der Waals surface area contributed by atoms with E-state index < -0.39 is 11.9 Å². The SMILES string of the molecule is COC(=O)Cc1c(C(=O)OC)cnc2nc(-c3cccs3)nn12. The van der Waals surface area contributed by atoms with E-state index in [1.54, 1.807) is 0 Å². The number of nitrogens with zero attached hydrogens (tertiary/aromatic N) is 4. The van der Waals surface area contributed by atoms with Crippen molar-refractivity contribution in [2.24, 2.45) is 0 Å². The van der Waals surface area contributed by atoms with E-state index in [0.29, 0.717) is 17.3 Å². The average molecular weight is 332 g/mol. The maximum Gasteiger partial charge on any atom is 0.341 e. The highest BCUT2D eigenvalue weighted by Crippen LogP contribution is 2.22. The normalized spacial score (nSPS) is 10.7. The molecule has 3 rings (SSSR count). The molecule has 0 aliphatic rings. The fourth-order valence-corrected chi connectivity index (χ4v) is 2.70. The summed E-state index contributed by atoms with van der Waals surface area (Å²) in [6.45, 7) is 0. The molecule has 118 valence electrons. The first-order chi connectivity index (χ1) is 11.1. The van der Waals surface area contributed by atoms with E-state index in [1.165, 1.54) is 36.3 Å². The zero-order chi connectivity index (χ0) is 16.4. The topological polar surface area (TPSA) is 95.7 Å². The number of ether oxygens (including phenoxy) is 2. The van der Waals surface area contributed by atoms with Crippen molar-refractivity contribution in [3.63, 3.8) is 0 Å². The lowest BCUT2D eigenvalue weighted by Gasteiger charge is -2.07. The van der Waals surface area contributed by atoms with Crippen molar-refractivity contribution < 1.29 is 19.1 Å². The molecular weight excluding hydrogens is 320 g/mol. The van der Waals surface area contributed by atoms with E-state index in [-0.39, 0.29) is 12.0 Å². The van der Waals surface area contributed by atoms with Gasteiger partial charge in [-0.2, -0.15) is 9.50 Å². The average Bonchev–Trinajstić information content (AvgIpc) is 3.23. The van der Waals surface area contributed by atoms with E-state index >= 15 is 0 Å². The van der Waals surface area contributed by atoms with Crippen LogP contribution in [0, 0.1) is 0 Å². The summed E-state index contributed by atoms with van der Waals surface area (Å²) >= 11 is 1.48. The molecule has 0 saturated carbocycles. The fraction of sp³-hybridized carbons (Fsp3) is 0.214. The Morgan fingerprint density at radius 2 is 2.13 bits per heavy atom. The molecule has 0 unspecified atom stereocenters. The number of methoxy groups -OCH3 is 2. The molecule has 0 atom stereocenters. The van der Waals surface area contributed by atoms with E-state index in [2.05, 4.69) is 19.8 Å². The number of fused-ring (bicyclic) bond motifs is 1. The number of esters is 2. The van der Waals surface area contributed by atoms with Crippen LogP contribution in [0.2, 0.25) is 0 Å². The molecule has 0 aromatic carbocycles. The van der Waals surface area contributed by atoms with Gasteiger partial charge >= 0.3 is 11.9 Å². The third kappa shape index (κ3) is 2.78. The lowest BCUT2D eigenvalue weighted by Crippen LogP contribution is -2.16. The number of hydrogen-bond donors (Lipinski definition) is 0. The Hall–Kier alpha value is -2.81. The molecule has 0 amide bonds. The van der Waals surface area contributed by atoms with Crippen LogP contribution >= 0.6 is 11.3 Å². The number of carbonyl (C=O) groups is 2. The number of carbonyl (C=O) groups excluding carboxylic acids is 2. The highest BCUT2D eigenvalue weighted by Gasteiger charge is 2.21. The Balaban J connectivity index is 2.19. The van der Waals surface area contributed by atoms with Crippen LogP contribution < -0.4 is 0 Å². The first-order valence-electron chi connectivity index (χ1n) is 6.57. The number of rotatable bonds is 4. The molecule has 3 aromatic rings. The minimum Gasteiger partial charge on any atom is -0.469 e. The Morgan fingerprint density at radius 3 is 2.78 bits per heavy atom. The molecule has 3 aromatic heterocycles. The molecule has 0 radical (unpaired) electrons. The van der Waals surface area contributed by atoms with Gasteiger partial charge in [0, 0.05) is 6.20 Å². The van der Waals surface area contributed by atoms with Crippen LogP contribution in [0.1, 0.15) is 16.1 Å². The van der Waals surface area contributed by atoms with Gasteiger partial charge in [-0.1, -0.05) is 6.07 Å². The lowest BCUT2D eigenvalue weighted by atomic mass is 10.2. The van der Waals surface area contributed by atoms with Gasteiger partial charge in [0.05, 0.1) is 31.2 Å². The fourth-order valence-electron chi connectivity index (χ4n) is 2.05. The predicted octanol–water partition coefficient (Wildman–Crippen LogP) is 1.35. The monoisotopic (exact) mass is 332 g/mol. The Kier molecular flexibility index (Phi) is 4.02. The first kappa shape index (κ1) is 15.1. The number of hydrogen-bond acceptors (Lipinski definition) is 8. The van der Waals surface area contributed by atoms with Gasteiger partial charge in [0.25, 0.3) is 5.78 Å². The molecular formula is C14H12N4O4S. The van der Waals surface area contributed by atoms with Gasteiger partial charge in [-0.05, 0) is 11.4 Å². The molecule has 23 heavy (non-hydrogen) atoms. The van der Waals surface area contributed by atoms with Crippen LogP contribution in [0.3, 0.4) is 0 Å². The van der Waals surface area contributed by atoms with Crippen LogP contribution in [0.4, 0.5) is 0 Å². The van der Waals surface area contributed by atoms with E-state index in [9.17, 15) is 9.59 Å².